The summed E-state index contributed by atoms with van der Waals surface area (Å²) in [5.41, 5.74) is 6.00. The fourth-order valence-corrected chi connectivity index (χ4v) is 6.45. The van der Waals surface area contributed by atoms with Gasteiger partial charge in [0.2, 0.25) is 0 Å². The summed E-state index contributed by atoms with van der Waals surface area (Å²) in [7, 11) is 5.48. The van der Waals surface area contributed by atoms with Crippen LogP contribution in [0.4, 0.5) is 0 Å². The van der Waals surface area contributed by atoms with E-state index in [-0.39, 0.29) is 5.92 Å². The summed E-state index contributed by atoms with van der Waals surface area (Å²) in [6, 6.07) is 13.0. The Balaban J connectivity index is 1.65. The zero-order valence-corrected chi connectivity index (χ0v) is 21.5. The molecule has 2 heterocycles. The van der Waals surface area contributed by atoms with Crippen molar-refractivity contribution in [3.63, 3.8) is 0 Å². The third-order valence-electron chi connectivity index (χ3n) is 6.26. The van der Waals surface area contributed by atoms with Crippen LogP contribution in [0.25, 0.3) is 16.5 Å². The molecule has 0 saturated heterocycles. The second-order valence-electron chi connectivity index (χ2n) is 8.73. The van der Waals surface area contributed by atoms with Gasteiger partial charge in [-0.15, -0.1) is 0 Å². The molecule has 0 spiro atoms. The Morgan fingerprint density at radius 2 is 1.91 bits per heavy atom. The van der Waals surface area contributed by atoms with E-state index < -0.39 is 27.7 Å². The van der Waals surface area contributed by atoms with Gasteiger partial charge in [0.1, 0.15) is 0 Å². The van der Waals surface area contributed by atoms with Crippen LogP contribution in [0.15, 0.2) is 46.7 Å². The molecule has 1 aliphatic rings. The van der Waals surface area contributed by atoms with Crippen LogP contribution < -0.4 is 34.5 Å². The van der Waals surface area contributed by atoms with E-state index in [1.165, 1.54) is 27.6 Å². The van der Waals surface area contributed by atoms with Gasteiger partial charge in [-0.2, -0.15) is 0 Å². The van der Waals surface area contributed by atoms with Crippen molar-refractivity contribution in [1.29, 1.82) is 0 Å². The standard InChI is InChI=1S/C26H32IN2O3/c1-16(2)21-13-22(25(32-5)14-24(21)31-4)20-12-19(26(30)28-27-15-20)11-17-6-7-23-18(10-17)8-9-29(23)3/h6-10,13-16,19,26,28,30H,11-12H2,1-5H3/q-1. The van der Waals surface area contributed by atoms with Crippen molar-refractivity contribution < 1.29 is 36.1 Å². The number of hydrogen-bond donors (Lipinski definition) is 2. The molecule has 1 aliphatic heterocycles. The number of allylic oxidation sites excluding steroid dienone is 1. The molecule has 4 rings (SSSR count). The fourth-order valence-electron chi connectivity index (χ4n) is 4.43. The first-order valence-corrected chi connectivity index (χ1v) is 13.3. The number of aliphatic hydroxyl groups is 1. The molecule has 32 heavy (non-hydrogen) atoms. The van der Waals surface area contributed by atoms with E-state index in [0.717, 1.165) is 29.9 Å². The van der Waals surface area contributed by atoms with Crippen LogP contribution in [-0.4, -0.2) is 30.1 Å². The second kappa shape index (κ2) is 9.85. The van der Waals surface area contributed by atoms with Crippen molar-refractivity contribution in [3.05, 3.63) is 63.4 Å². The van der Waals surface area contributed by atoms with Crippen LogP contribution in [0.2, 0.25) is 0 Å². The molecule has 0 radical (unpaired) electrons. The van der Waals surface area contributed by atoms with Crippen molar-refractivity contribution >= 4 is 16.5 Å². The van der Waals surface area contributed by atoms with Crippen LogP contribution in [0.5, 0.6) is 11.5 Å². The van der Waals surface area contributed by atoms with Gasteiger partial charge in [0, 0.05) is 0 Å². The molecule has 0 aliphatic carbocycles. The number of aliphatic hydroxyl groups excluding tert-OH is 1. The number of halogens is 1. The van der Waals surface area contributed by atoms with Gasteiger partial charge in [-0.05, 0) is 0 Å². The predicted molar refractivity (Wildman–Crippen MR) is 125 cm³/mol. The molecule has 2 aromatic carbocycles. The third-order valence-corrected chi connectivity index (χ3v) is 8.32. The van der Waals surface area contributed by atoms with E-state index in [0.29, 0.717) is 5.92 Å². The second-order valence-corrected chi connectivity index (χ2v) is 10.6. The van der Waals surface area contributed by atoms with Crippen LogP contribution in [0, 0.1) is 5.92 Å². The Labute approximate surface area is 201 Å². The van der Waals surface area contributed by atoms with E-state index in [4.69, 9.17) is 9.47 Å². The monoisotopic (exact) mass is 547 g/mol. The first-order chi connectivity index (χ1) is 15.4. The Bertz CT molecular complexity index is 1140. The maximum atomic E-state index is 10.9. The zero-order valence-electron chi connectivity index (χ0n) is 19.4. The molecule has 0 saturated carbocycles. The van der Waals surface area contributed by atoms with Gasteiger partial charge in [0.15, 0.2) is 0 Å². The van der Waals surface area contributed by atoms with Crippen molar-refractivity contribution in [2.24, 2.45) is 13.0 Å². The molecule has 0 fully saturated rings. The van der Waals surface area contributed by atoms with Gasteiger partial charge >= 0.3 is 202 Å². The normalized spacial score (nSPS) is 19.4. The molecule has 172 valence electrons. The number of rotatable bonds is 6. The topological polar surface area (TPSA) is 55.6 Å². The number of fused-ring (bicyclic) bond motifs is 1. The maximum absolute atomic E-state index is 10.9. The van der Waals surface area contributed by atoms with Gasteiger partial charge < -0.3 is 0 Å². The number of aryl methyl sites for hydroxylation is 1. The number of hydrogen-bond acceptors (Lipinski definition) is 4. The van der Waals surface area contributed by atoms with Gasteiger partial charge in [-0.3, -0.25) is 0 Å². The number of methoxy groups -OCH3 is 2. The van der Waals surface area contributed by atoms with Gasteiger partial charge in [0.05, 0.1) is 0 Å². The average Bonchev–Trinajstić information content (AvgIpc) is 3.06. The van der Waals surface area contributed by atoms with Crippen molar-refractivity contribution in [2.45, 2.75) is 38.8 Å². The molecule has 3 aromatic rings. The van der Waals surface area contributed by atoms with Crippen LogP contribution in [0.1, 0.15) is 42.9 Å². The third kappa shape index (κ3) is 4.67. The van der Waals surface area contributed by atoms with Crippen LogP contribution in [-0.2, 0) is 13.5 Å². The number of aromatic nitrogens is 1. The fraction of sp³-hybridized carbons (Fsp3) is 0.385. The van der Waals surface area contributed by atoms with Crippen molar-refractivity contribution in [2.75, 3.05) is 14.2 Å². The number of ether oxygens (including phenoxy) is 2. The summed E-state index contributed by atoms with van der Waals surface area (Å²) in [6.07, 6.45) is 3.18. The summed E-state index contributed by atoms with van der Waals surface area (Å²) in [6.45, 7) is 4.35. The molecule has 5 nitrogen and oxygen atoms in total. The number of nitrogens with one attached hydrogen (secondary N) is 1. The molecular weight excluding hydrogens is 515 g/mol. The SMILES string of the molecule is COc1cc(OC)c(C(C)C)cc1C1=C[I-]NC(O)C(Cc2ccc3c(ccn3C)c2)C1. The summed E-state index contributed by atoms with van der Waals surface area (Å²) in [4.78, 5) is 0. The number of benzene rings is 2. The summed E-state index contributed by atoms with van der Waals surface area (Å²) < 4.78 is 19.2. The molecule has 0 bridgehead atoms. The molecule has 2 atom stereocenters. The molecule has 6 heteroatoms. The number of nitrogens with zero attached hydrogens (tertiary/aromatic N) is 1. The van der Waals surface area contributed by atoms with E-state index in [2.05, 4.69) is 69.6 Å². The zero-order chi connectivity index (χ0) is 22.8. The molecular formula is C26H32IN2O3-. The summed E-state index contributed by atoms with van der Waals surface area (Å²) in [5, 5.41) is 12.1. The Kier molecular flexibility index (Phi) is 7.12. The first kappa shape index (κ1) is 23.1. The Hall–Kier alpha value is -2.03. The van der Waals surface area contributed by atoms with E-state index in [9.17, 15) is 5.11 Å². The molecule has 1 aromatic heterocycles. The molecule has 0 amide bonds. The molecule has 2 unspecified atom stereocenters. The van der Waals surface area contributed by atoms with E-state index in [1.807, 2.05) is 6.07 Å². The average molecular weight is 547 g/mol. The van der Waals surface area contributed by atoms with Gasteiger partial charge in [0.25, 0.3) is 0 Å². The van der Waals surface area contributed by atoms with Crippen LogP contribution in [0.3, 0.4) is 0 Å². The Morgan fingerprint density at radius 3 is 2.62 bits per heavy atom. The van der Waals surface area contributed by atoms with Gasteiger partial charge in [-0.1, -0.05) is 0 Å². The summed E-state index contributed by atoms with van der Waals surface area (Å²) in [5.74, 6) is 2.10. The van der Waals surface area contributed by atoms with E-state index in [1.54, 1.807) is 14.2 Å². The van der Waals surface area contributed by atoms with Crippen molar-refractivity contribution in [3.8, 4) is 11.5 Å². The Morgan fingerprint density at radius 1 is 1.12 bits per heavy atom. The first-order valence-electron chi connectivity index (χ1n) is 11.0. The minimum atomic E-state index is -0.517. The molecule has 2 N–H and O–H groups in total. The quantitative estimate of drug-likeness (QED) is 0.366. The predicted octanol–water partition coefficient (Wildman–Crippen LogP) is 1.83. The van der Waals surface area contributed by atoms with Gasteiger partial charge in [-0.25, -0.2) is 0 Å². The summed E-state index contributed by atoms with van der Waals surface area (Å²) >= 11 is -0.456. The minimum absolute atomic E-state index is 0.0823. The van der Waals surface area contributed by atoms with E-state index >= 15 is 0 Å². The van der Waals surface area contributed by atoms with Crippen molar-refractivity contribution in [1.82, 2.24) is 8.10 Å². The van der Waals surface area contributed by atoms with Crippen LogP contribution >= 0.6 is 0 Å².